The molecule has 1 unspecified atom stereocenters. The fraction of sp³-hybridized carbons (Fsp3) is 0.455. The third-order valence-electron chi connectivity index (χ3n) is 2.68. The van der Waals surface area contributed by atoms with Crippen LogP contribution in [0.2, 0.25) is 5.15 Å². The van der Waals surface area contributed by atoms with Crippen molar-refractivity contribution in [2.45, 2.75) is 18.9 Å². The summed E-state index contributed by atoms with van der Waals surface area (Å²) in [7, 11) is 0. The van der Waals surface area contributed by atoms with Gasteiger partial charge in [-0.05, 0) is 25.5 Å². The molecule has 86 valence electrons. The molecule has 1 fully saturated rings. The second-order valence-corrected chi connectivity index (χ2v) is 4.29. The summed E-state index contributed by atoms with van der Waals surface area (Å²) >= 11 is 5.81. The van der Waals surface area contributed by atoms with E-state index in [0.29, 0.717) is 16.8 Å². The van der Waals surface area contributed by atoms with Gasteiger partial charge in [-0.1, -0.05) is 11.6 Å². The number of aldehydes is 1. The number of aromatic nitrogens is 1. The summed E-state index contributed by atoms with van der Waals surface area (Å²) in [6, 6.07) is 2.05. The molecule has 2 rings (SSSR count). The van der Waals surface area contributed by atoms with E-state index < -0.39 is 0 Å². The number of rotatable bonds is 3. The Morgan fingerprint density at radius 2 is 2.50 bits per heavy atom. The second-order valence-electron chi connectivity index (χ2n) is 3.90. The third kappa shape index (κ3) is 2.71. The highest BCUT2D eigenvalue weighted by Gasteiger charge is 2.14. The first-order valence-electron chi connectivity index (χ1n) is 5.37. The maximum atomic E-state index is 10.8. The predicted molar refractivity (Wildman–Crippen MR) is 64.1 cm³/mol. The first-order valence-corrected chi connectivity index (χ1v) is 5.75. The molecular formula is C11H14ClN3O. The molecule has 1 aliphatic rings. The molecule has 16 heavy (non-hydrogen) atoms. The maximum absolute atomic E-state index is 10.8. The van der Waals surface area contributed by atoms with Gasteiger partial charge in [0.2, 0.25) is 0 Å². The van der Waals surface area contributed by atoms with Gasteiger partial charge < -0.3 is 10.6 Å². The zero-order valence-corrected chi connectivity index (χ0v) is 9.63. The summed E-state index contributed by atoms with van der Waals surface area (Å²) in [5.74, 6) is 0. The molecule has 0 aromatic carbocycles. The van der Waals surface area contributed by atoms with Crippen molar-refractivity contribution < 1.29 is 4.79 Å². The van der Waals surface area contributed by atoms with Crippen LogP contribution in [0.15, 0.2) is 12.3 Å². The number of carbonyl (C=O) groups is 1. The topological polar surface area (TPSA) is 54.0 Å². The van der Waals surface area contributed by atoms with Gasteiger partial charge in [0.25, 0.3) is 0 Å². The van der Waals surface area contributed by atoms with Crippen LogP contribution >= 0.6 is 11.6 Å². The van der Waals surface area contributed by atoms with Crippen molar-refractivity contribution >= 4 is 23.6 Å². The molecule has 0 amide bonds. The van der Waals surface area contributed by atoms with Crippen LogP contribution in [-0.4, -0.2) is 30.4 Å². The largest absolute Gasteiger partial charge is 0.380 e. The molecule has 5 heteroatoms. The Hall–Kier alpha value is -1.13. The third-order valence-corrected chi connectivity index (χ3v) is 2.89. The molecule has 4 nitrogen and oxygen atoms in total. The molecule has 2 heterocycles. The summed E-state index contributed by atoms with van der Waals surface area (Å²) in [6.45, 7) is 1.98. The van der Waals surface area contributed by atoms with Gasteiger partial charge in [0.15, 0.2) is 6.29 Å². The van der Waals surface area contributed by atoms with E-state index in [4.69, 9.17) is 11.6 Å². The molecule has 1 aromatic rings. The summed E-state index contributed by atoms with van der Waals surface area (Å²) in [6.07, 6.45) is 4.54. The average molecular weight is 240 g/mol. The van der Waals surface area contributed by atoms with Crippen LogP contribution in [0.1, 0.15) is 23.2 Å². The lowest BCUT2D eigenvalue weighted by Crippen LogP contribution is -2.38. The van der Waals surface area contributed by atoms with Crippen molar-refractivity contribution in [2.24, 2.45) is 0 Å². The number of hydrogen-bond acceptors (Lipinski definition) is 4. The van der Waals surface area contributed by atoms with Crippen molar-refractivity contribution in [3.8, 4) is 0 Å². The molecule has 0 spiro atoms. The number of nitrogens with zero attached hydrogens (tertiary/aromatic N) is 1. The van der Waals surface area contributed by atoms with Crippen molar-refractivity contribution in [2.75, 3.05) is 18.4 Å². The Morgan fingerprint density at radius 1 is 1.62 bits per heavy atom. The highest BCUT2D eigenvalue weighted by atomic mass is 35.5. The van der Waals surface area contributed by atoms with Gasteiger partial charge in [-0.3, -0.25) is 4.79 Å². The molecular weight excluding hydrogens is 226 g/mol. The molecule has 1 aromatic heterocycles. The van der Waals surface area contributed by atoms with E-state index in [9.17, 15) is 4.79 Å². The predicted octanol–water partition coefficient (Wildman–Crippen LogP) is 1.71. The fourth-order valence-corrected chi connectivity index (χ4v) is 2.01. The SMILES string of the molecule is O=Cc1cnc(Cl)cc1NC1CCCNC1. The maximum Gasteiger partial charge on any atom is 0.153 e. The van der Waals surface area contributed by atoms with Crippen LogP contribution in [0.25, 0.3) is 0 Å². The second kappa shape index (κ2) is 5.27. The summed E-state index contributed by atoms with van der Waals surface area (Å²) in [5, 5.41) is 7.03. The monoisotopic (exact) mass is 239 g/mol. The Bertz CT molecular complexity index is 377. The number of halogens is 1. The lowest BCUT2D eigenvalue weighted by atomic mass is 10.1. The molecule has 0 aliphatic carbocycles. The molecule has 0 radical (unpaired) electrons. The van der Waals surface area contributed by atoms with Crippen molar-refractivity contribution in [3.05, 3.63) is 23.0 Å². The molecule has 0 bridgehead atoms. The Kier molecular flexibility index (Phi) is 3.74. The van der Waals surface area contributed by atoms with E-state index in [0.717, 1.165) is 37.9 Å². The normalized spacial score (nSPS) is 20.4. The summed E-state index contributed by atoms with van der Waals surface area (Å²) in [4.78, 5) is 14.7. The number of anilines is 1. The quantitative estimate of drug-likeness (QED) is 0.623. The van der Waals surface area contributed by atoms with E-state index in [2.05, 4.69) is 15.6 Å². The Labute approximate surface area is 99.4 Å². The lowest BCUT2D eigenvalue weighted by Gasteiger charge is -2.25. The molecule has 0 saturated carbocycles. The minimum atomic E-state index is 0.353. The number of pyridine rings is 1. The van der Waals surface area contributed by atoms with E-state index >= 15 is 0 Å². The first kappa shape index (κ1) is 11.4. The smallest absolute Gasteiger partial charge is 0.153 e. The van der Waals surface area contributed by atoms with Gasteiger partial charge in [0.1, 0.15) is 5.15 Å². The zero-order chi connectivity index (χ0) is 11.4. The van der Waals surface area contributed by atoms with Crippen LogP contribution in [-0.2, 0) is 0 Å². The standard InChI is InChI=1S/C11H14ClN3O/c12-11-4-10(8(7-16)5-14-11)15-9-2-1-3-13-6-9/h4-5,7,9,13H,1-3,6H2,(H,14,15). The highest BCUT2D eigenvalue weighted by molar-refractivity contribution is 6.29. The minimum Gasteiger partial charge on any atom is -0.380 e. The molecule has 1 atom stereocenters. The molecule has 1 aliphatic heterocycles. The van der Waals surface area contributed by atoms with Crippen molar-refractivity contribution in [1.29, 1.82) is 0 Å². The Morgan fingerprint density at radius 3 is 3.19 bits per heavy atom. The van der Waals surface area contributed by atoms with Gasteiger partial charge >= 0.3 is 0 Å². The summed E-state index contributed by atoms with van der Waals surface area (Å²) in [5.41, 5.74) is 1.32. The van der Waals surface area contributed by atoms with E-state index in [1.54, 1.807) is 6.07 Å². The van der Waals surface area contributed by atoms with E-state index in [1.165, 1.54) is 6.20 Å². The molecule has 2 N–H and O–H groups in total. The Balaban J connectivity index is 2.12. The van der Waals surface area contributed by atoms with Crippen molar-refractivity contribution in [1.82, 2.24) is 10.3 Å². The van der Waals surface area contributed by atoms with Crippen LogP contribution in [0.5, 0.6) is 0 Å². The molecule has 1 saturated heterocycles. The fourth-order valence-electron chi connectivity index (χ4n) is 1.85. The highest BCUT2D eigenvalue weighted by Crippen LogP contribution is 2.19. The number of hydrogen-bond donors (Lipinski definition) is 2. The van der Waals surface area contributed by atoms with Crippen LogP contribution < -0.4 is 10.6 Å². The minimum absolute atomic E-state index is 0.353. The van der Waals surface area contributed by atoms with Crippen LogP contribution in [0.4, 0.5) is 5.69 Å². The number of piperidine rings is 1. The number of nitrogens with one attached hydrogen (secondary N) is 2. The van der Waals surface area contributed by atoms with Crippen LogP contribution in [0.3, 0.4) is 0 Å². The lowest BCUT2D eigenvalue weighted by molar-refractivity contribution is 0.112. The first-order chi connectivity index (χ1) is 7.79. The van der Waals surface area contributed by atoms with Gasteiger partial charge in [0, 0.05) is 24.5 Å². The van der Waals surface area contributed by atoms with Crippen LogP contribution in [0, 0.1) is 0 Å². The van der Waals surface area contributed by atoms with Gasteiger partial charge in [-0.25, -0.2) is 4.98 Å². The summed E-state index contributed by atoms with van der Waals surface area (Å²) < 4.78 is 0. The van der Waals surface area contributed by atoms with Gasteiger partial charge in [-0.15, -0.1) is 0 Å². The average Bonchev–Trinajstić information content (AvgIpc) is 2.31. The van der Waals surface area contributed by atoms with Gasteiger partial charge in [0.05, 0.1) is 5.56 Å². The number of carbonyl (C=O) groups excluding carboxylic acids is 1. The van der Waals surface area contributed by atoms with E-state index in [1.807, 2.05) is 0 Å². The zero-order valence-electron chi connectivity index (χ0n) is 8.87. The van der Waals surface area contributed by atoms with Crippen molar-refractivity contribution in [3.63, 3.8) is 0 Å². The van der Waals surface area contributed by atoms with Gasteiger partial charge in [-0.2, -0.15) is 0 Å². The van der Waals surface area contributed by atoms with E-state index in [-0.39, 0.29) is 0 Å².